The van der Waals surface area contributed by atoms with Crippen LogP contribution in [-0.4, -0.2) is 53.8 Å². The van der Waals surface area contributed by atoms with Gasteiger partial charge in [-0.15, -0.1) is 0 Å². The highest BCUT2D eigenvalue weighted by Gasteiger charge is 2.29. The van der Waals surface area contributed by atoms with Crippen LogP contribution in [0, 0.1) is 0 Å². The number of halogens is 2. The highest BCUT2D eigenvalue weighted by Crippen LogP contribution is 2.25. The minimum Gasteiger partial charge on any atom is -0.481 e. The summed E-state index contributed by atoms with van der Waals surface area (Å²) in [6.45, 7) is 2.56. The van der Waals surface area contributed by atoms with Crippen molar-refractivity contribution in [1.29, 1.82) is 0 Å². The molecule has 1 amide bonds. The normalized spacial score (nSPS) is 19.3. The van der Waals surface area contributed by atoms with E-state index in [0.717, 1.165) is 0 Å². The van der Waals surface area contributed by atoms with Crippen molar-refractivity contribution in [2.24, 2.45) is 0 Å². The van der Waals surface area contributed by atoms with E-state index in [1.165, 1.54) is 0 Å². The highest BCUT2D eigenvalue weighted by molar-refractivity contribution is 6.34. The second kappa shape index (κ2) is 7.86. The number of carbonyl (C=O) groups excluding carboxylic acids is 1. The lowest BCUT2D eigenvalue weighted by molar-refractivity contribution is -0.151. The number of carboxylic acid groups (broad SMARTS) is 1. The molecule has 2 rings (SSSR count). The van der Waals surface area contributed by atoms with Crippen LogP contribution in [-0.2, 0) is 14.3 Å². The summed E-state index contributed by atoms with van der Waals surface area (Å²) in [5.74, 6) is -0.791. The maximum Gasteiger partial charge on any atom is 0.306 e. The van der Waals surface area contributed by atoms with Crippen molar-refractivity contribution >= 4 is 35.1 Å². The van der Waals surface area contributed by atoms with E-state index in [0.29, 0.717) is 28.9 Å². The molecule has 0 saturated carbocycles. The van der Waals surface area contributed by atoms with Gasteiger partial charge in [0.05, 0.1) is 19.1 Å². The zero-order valence-electron chi connectivity index (χ0n) is 12.5. The maximum atomic E-state index is 12.4. The van der Waals surface area contributed by atoms with Crippen LogP contribution in [0.5, 0.6) is 5.75 Å². The van der Waals surface area contributed by atoms with E-state index in [2.05, 4.69) is 0 Å². The number of morpholine rings is 1. The van der Waals surface area contributed by atoms with Crippen molar-refractivity contribution < 1.29 is 24.2 Å². The Labute approximate surface area is 143 Å². The van der Waals surface area contributed by atoms with Crippen molar-refractivity contribution in [3.05, 3.63) is 28.2 Å². The van der Waals surface area contributed by atoms with Gasteiger partial charge in [-0.3, -0.25) is 9.59 Å². The molecule has 1 fully saturated rings. The van der Waals surface area contributed by atoms with Crippen molar-refractivity contribution in [2.75, 3.05) is 19.7 Å². The van der Waals surface area contributed by atoms with Crippen molar-refractivity contribution in [1.82, 2.24) is 4.90 Å². The summed E-state index contributed by atoms with van der Waals surface area (Å²) in [4.78, 5) is 24.7. The monoisotopic (exact) mass is 361 g/mol. The summed E-state index contributed by atoms with van der Waals surface area (Å²) < 4.78 is 10.9. The SMILES string of the molecule is CC(Oc1cc(Cl)cc(Cl)c1)C(=O)N1CCOC(CC(=O)O)C1. The molecule has 126 valence electrons. The molecule has 1 N–H and O–H groups in total. The Hall–Kier alpha value is -1.50. The largest absolute Gasteiger partial charge is 0.481 e. The lowest BCUT2D eigenvalue weighted by atomic mass is 10.2. The van der Waals surface area contributed by atoms with Gasteiger partial charge < -0.3 is 19.5 Å². The average Bonchev–Trinajstić information content (AvgIpc) is 2.44. The van der Waals surface area contributed by atoms with Gasteiger partial charge in [0, 0.05) is 23.1 Å². The standard InChI is InChI=1S/C15H17Cl2NO5/c1-9(23-12-5-10(16)4-11(17)6-12)15(21)18-2-3-22-13(8-18)7-14(19)20/h4-6,9,13H,2-3,7-8H2,1H3,(H,19,20). The number of hydrogen-bond donors (Lipinski definition) is 1. The first-order valence-electron chi connectivity index (χ1n) is 7.10. The van der Waals surface area contributed by atoms with Gasteiger partial charge in [-0.1, -0.05) is 23.2 Å². The fraction of sp³-hybridized carbons (Fsp3) is 0.467. The first kappa shape index (κ1) is 17.8. The average molecular weight is 362 g/mol. The van der Waals surface area contributed by atoms with E-state index in [9.17, 15) is 9.59 Å². The Morgan fingerprint density at radius 2 is 2.04 bits per heavy atom. The molecule has 0 spiro atoms. The Bertz CT molecular complexity index is 575. The topological polar surface area (TPSA) is 76.1 Å². The first-order chi connectivity index (χ1) is 10.8. The molecular formula is C15H17Cl2NO5. The molecular weight excluding hydrogens is 345 g/mol. The van der Waals surface area contributed by atoms with Crippen LogP contribution in [0.15, 0.2) is 18.2 Å². The lowest BCUT2D eigenvalue weighted by Crippen LogP contribution is -2.50. The molecule has 1 aliphatic heterocycles. The number of hydrogen-bond acceptors (Lipinski definition) is 4. The lowest BCUT2D eigenvalue weighted by Gasteiger charge is -2.33. The van der Waals surface area contributed by atoms with Crippen LogP contribution in [0.1, 0.15) is 13.3 Å². The molecule has 2 unspecified atom stereocenters. The van der Waals surface area contributed by atoms with Crippen LogP contribution in [0.3, 0.4) is 0 Å². The number of aliphatic carboxylic acids is 1. The third kappa shape index (κ3) is 5.27. The van der Waals surface area contributed by atoms with E-state index in [4.69, 9.17) is 37.8 Å². The number of nitrogens with zero attached hydrogens (tertiary/aromatic N) is 1. The Morgan fingerprint density at radius 1 is 1.39 bits per heavy atom. The summed E-state index contributed by atoms with van der Waals surface area (Å²) in [5.41, 5.74) is 0. The molecule has 0 aliphatic carbocycles. The minimum absolute atomic E-state index is 0.136. The number of carbonyl (C=O) groups is 2. The van der Waals surface area contributed by atoms with Gasteiger partial charge in [0.1, 0.15) is 5.75 Å². The van der Waals surface area contributed by atoms with Crippen LogP contribution >= 0.6 is 23.2 Å². The van der Waals surface area contributed by atoms with E-state index in [-0.39, 0.29) is 18.9 Å². The molecule has 1 aromatic carbocycles. The summed E-state index contributed by atoms with van der Waals surface area (Å²) in [6, 6.07) is 4.72. The predicted octanol–water partition coefficient (Wildman–Crippen LogP) is 2.46. The fourth-order valence-electron chi connectivity index (χ4n) is 2.35. The Morgan fingerprint density at radius 3 is 2.65 bits per heavy atom. The predicted molar refractivity (Wildman–Crippen MR) is 85.1 cm³/mol. The molecule has 1 saturated heterocycles. The molecule has 23 heavy (non-hydrogen) atoms. The fourth-order valence-corrected chi connectivity index (χ4v) is 2.85. The minimum atomic E-state index is -0.956. The molecule has 1 aromatic rings. The van der Waals surface area contributed by atoms with Gasteiger partial charge >= 0.3 is 5.97 Å². The molecule has 0 aromatic heterocycles. The van der Waals surface area contributed by atoms with E-state index < -0.39 is 18.2 Å². The zero-order chi connectivity index (χ0) is 17.0. The smallest absolute Gasteiger partial charge is 0.306 e. The second-order valence-electron chi connectivity index (χ2n) is 5.24. The molecule has 8 heteroatoms. The van der Waals surface area contributed by atoms with Gasteiger partial charge in [0.2, 0.25) is 0 Å². The van der Waals surface area contributed by atoms with E-state index in [1.807, 2.05) is 0 Å². The molecule has 1 aliphatic rings. The van der Waals surface area contributed by atoms with E-state index in [1.54, 1.807) is 30.0 Å². The van der Waals surface area contributed by atoms with Crippen LogP contribution in [0.25, 0.3) is 0 Å². The highest BCUT2D eigenvalue weighted by atomic mass is 35.5. The maximum absolute atomic E-state index is 12.4. The van der Waals surface area contributed by atoms with Gasteiger partial charge in [-0.05, 0) is 25.1 Å². The van der Waals surface area contributed by atoms with Gasteiger partial charge in [-0.25, -0.2) is 0 Å². The first-order valence-corrected chi connectivity index (χ1v) is 7.85. The number of amides is 1. The molecule has 0 radical (unpaired) electrons. The van der Waals surface area contributed by atoms with Crippen molar-refractivity contribution in [3.8, 4) is 5.75 Å². The quantitative estimate of drug-likeness (QED) is 0.871. The molecule has 0 bridgehead atoms. The summed E-state index contributed by atoms with van der Waals surface area (Å²) in [6.07, 6.45) is -1.38. The number of ether oxygens (including phenoxy) is 2. The summed E-state index contributed by atoms with van der Waals surface area (Å²) >= 11 is 11.8. The Balaban J connectivity index is 1.97. The number of benzene rings is 1. The van der Waals surface area contributed by atoms with Gasteiger partial charge in [0.25, 0.3) is 5.91 Å². The Kier molecular flexibility index (Phi) is 6.10. The van der Waals surface area contributed by atoms with Crippen LogP contribution in [0.2, 0.25) is 10.0 Å². The third-order valence-corrected chi connectivity index (χ3v) is 3.79. The zero-order valence-corrected chi connectivity index (χ0v) is 14.0. The van der Waals surface area contributed by atoms with Crippen LogP contribution in [0.4, 0.5) is 0 Å². The third-order valence-electron chi connectivity index (χ3n) is 3.35. The van der Waals surface area contributed by atoms with Gasteiger partial charge in [-0.2, -0.15) is 0 Å². The van der Waals surface area contributed by atoms with Crippen molar-refractivity contribution in [2.45, 2.75) is 25.6 Å². The molecule has 1 heterocycles. The van der Waals surface area contributed by atoms with E-state index >= 15 is 0 Å². The van der Waals surface area contributed by atoms with Gasteiger partial charge in [0.15, 0.2) is 6.10 Å². The van der Waals surface area contributed by atoms with Crippen LogP contribution < -0.4 is 4.74 Å². The van der Waals surface area contributed by atoms with Crippen molar-refractivity contribution in [3.63, 3.8) is 0 Å². The second-order valence-corrected chi connectivity index (χ2v) is 6.11. The number of rotatable bonds is 5. The molecule has 2 atom stereocenters. The molecule has 6 nitrogen and oxygen atoms in total. The number of carboxylic acids is 1. The summed E-state index contributed by atoms with van der Waals surface area (Å²) in [7, 11) is 0. The summed E-state index contributed by atoms with van der Waals surface area (Å²) in [5, 5.41) is 9.65.